The Bertz CT molecular complexity index is 499. The van der Waals surface area contributed by atoms with E-state index in [0.717, 1.165) is 33.8 Å². The molecule has 18 heavy (non-hydrogen) atoms. The molecule has 1 aromatic heterocycles. The van der Waals surface area contributed by atoms with Crippen molar-refractivity contribution in [3.05, 3.63) is 51.9 Å². The SMILES string of the molecule is CC(CCc1ccco1)Nc1cc(Br)ccc1Cl. The first-order valence-electron chi connectivity index (χ1n) is 5.89. The van der Waals surface area contributed by atoms with Crippen LogP contribution in [0, 0.1) is 0 Å². The maximum Gasteiger partial charge on any atom is 0.103 e. The summed E-state index contributed by atoms with van der Waals surface area (Å²) in [5, 5.41) is 4.15. The molecule has 2 rings (SSSR count). The quantitative estimate of drug-likeness (QED) is 0.823. The van der Waals surface area contributed by atoms with Crippen molar-refractivity contribution in [3.8, 4) is 0 Å². The van der Waals surface area contributed by atoms with E-state index in [-0.39, 0.29) is 0 Å². The molecule has 0 bridgehead atoms. The van der Waals surface area contributed by atoms with E-state index in [2.05, 4.69) is 28.2 Å². The van der Waals surface area contributed by atoms with Crippen LogP contribution in [0.25, 0.3) is 0 Å². The summed E-state index contributed by atoms with van der Waals surface area (Å²) in [6.45, 7) is 2.14. The smallest absolute Gasteiger partial charge is 0.103 e. The van der Waals surface area contributed by atoms with Crippen molar-refractivity contribution >= 4 is 33.2 Å². The molecule has 96 valence electrons. The van der Waals surface area contributed by atoms with Gasteiger partial charge in [0.2, 0.25) is 0 Å². The van der Waals surface area contributed by atoms with E-state index in [1.807, 2.05) is 30.3 Å². The Labute approximate surface area is 120 Å². The Balaban J connectivity index is 1.90. The standard InChI is InChI=1S/C14H15BrClNO/c1-10(4-6-12-3-2-8-18-12)17-14-9-11(15)5-7-13(14)16/h2-3,5,7-10,17H,4,6H2,1H3. The zero-order valence-electron chi connectivity index (χ0n) is 10.1. The highest BCUT2D eigenvalue weighted by molar-refractivity contribution is 9.10. The van der Waals surface area contributed by atoms with E-state index in [4.69, 9.17) is 16.0 Å². The molecule has 4 heteroatoms. The summed E-state index contributed by atoms with van der Waals surface area (Å²) in [6, 6.07) is 10.1. The minimum atomic E-state index is 0.335. The molecule has 0 amide bonds. The molecule has 2 aromatic rings. The average molecular weight is 329 g/mol. The molecule has 0 radical (unpaired) electrons. The van der Waals surface area contributed by atoms with Crippen molar-refractivity contribution in [1.82, 2.24) is 0 Å². The number of hydrogen-bond acceptors (Lipinski definition) is 2. The fraction of sp³-hybridized carbons (Fsp3) is 0.286. The van der Waals surface area contributed by atoms with Crippen LogP contribution in [0.1, 0.15) is 19.1 Å². The molecule has 0 saturated heterocycles. The number of nitrogens with one attached hydrogen (secondary N) is 1. The maximum atomic E-state index is 6.14. The zero-order valence-corrected chi connectivity index (χ0v) is 12.5. The van der Waals surface area contributed by atoms with E-state index in [0.29, 0.717) is 6.04 Å². The fourth-order valence-electron chi connectivity index (χ4n) is 1.76. The normalized spacial score (nSPS) is 12.4. The summed E-state index contributed by atoms with van der Waals surface area (Å²) in [5.74, 6) is 1.02. The lowest BCUT2D eigenvalue weighted by Crippen LogP contribution is -2.16. The Morgan fingerprint density at radius 3 is 2.94 bits per heavy atom. The lowest BCUT2D eigenvalue weighted by Gasteiger charge is -2.16. The molecule has 2 nitrogen and oxygen atoms in total. The van der Waals surface area contributed by atoms with Crippen LogP contribution in [0.15, 0.2) is 45.5 Å². The molecule has 0 aliphatic carbocycles. The third-order valence-corrected chi connectivity index (χ3v) is 3.56. The maximum absolute atomic E-state index is 6.14. The van der Waals surface area contributed by atoms with Gasteiger partial charge >= 0.3 is 0 Å². The van der Waals surface area contributed by atoms with Crippen LogP contribution >= 0.6 is 27.5 Å². The van der Waals surface area contributed by atoms with Crippen molar-refractivity contribution < 1.29 is 4.42 Å². The van der Waals surface area contributed by atoms with Gasteiger partial charge in [-0.15, -0.1) is 0 Å². The molecule has 1 unspecified atom stereocenters. The van der Waals surface area contributed by atoms with Crippen molar-refractivity contribution in [2.24, 2.45) is 0 Å². The Hall–Kier alpha value is -0.930. The molecule has 0 fully saturated rings. The number of aryl methyl sites for hydroxylation is 1. The van der Waals surface area contributed by atoms with E-state index in [1.165, 1.54) is 0 Å². The number of furan rings is 1. The second kappa shape index (κ2) is 6.30. The largest absolute Gasteiger partial charge is 0.469 e. The van der Waals surface area contributed by atoms with Gasteiger partial charge in [0.15, 0.2) is 0 Å². The van der Waals surface area contributed by atoms with Gasteiger partial charge in [-0.05, 0) is 43.7 Å². The van der Waals surface area contributed by atoms with Gasteiger partial charge in [0.25, 0.3) is 0 Å². The lowest BCUT2D eigenvalue weighted by molar-refractivity contribution is 0.495. The first kappa shape index (κ1) is 13.5. The highest BCUT2D eigenvalue weighted by Crippen LogP contribution is 2.26. The number of hydrogen-bond donors (Lipinski definition) is 1. The van der Waals surface area contributed by atoms with Crippen LogP contribution in [0.3, 0.4) is 0 Å². The summed E-state index contributed by atoms with van der Waals surface area (Å²) in [7, 11) is 0. The predicted octanol–water partition coefficient (Wildman–Crippen LogP) is 5.13. The van der Waals surface area contributed by atoms with E-state index in [1.54, 1.807) is 6.26 Å². The number of rotatable bonds is 5. The van der Waals surface area contributed by atoms with Crippen LogP contribution in [0.5, 0.6) is 0 Å². The summed E-state index contributed by atoms with van der Waals surface area (Å²) < 4.78 is 6.34. The van der Waals surface area contributed by atoms with Gasteiger partial charge in [-0.1, -0.05) is 27.5 Å². The van der Waals surface area contributed by atoms with Crippen molar-refractivity contribution in [2.75, 3.05) is 5.32 Å². The van der Waals surface area contributed by atoms with Crippen LogP contribution < -0.4 is 5.32 Å². The van der Waals surface area contributed by atoms with Gasteiger partial charge in [-0.25, -0.2) is 0 Å². The average Bonchev–Trinajstić information content (AvgIpc) is 2.84. The van der Waals surface area contributed by atoms with Crippen molar-refractivity contribution in [3.63, 3.8) is 0 Å². The van der Waals surface area contributed by atoms with Crippen molar-refractivity contribution in [1.29, 1.82) is 0 Å². The van der Waals surface area contributed by atoms with Crippen molar-refractivity contribution in [2.45, 2.75) is 25.8 Å². The third kappa shape index (κ3) is 3.79. The predicted molar refractivity (Wildman–Crippen MR) is 79.3 cm³/mol. The molecular formula is C14H15BrClNO. The minimum absolute atomic E-state index is 0.335. The molecule has 1 N–H and O–H groups in total. The molecule has 1 atom stereocenters. The number of halogens is 2. The van der Waals surface area contributed by atoms with Gasteiger partial charge < -0.3 is 9.73 Å². The van der Waals surface area contributed by atoms with Gasteiger partial charge in [0, 0.05) is 16.9 Å². The summed E-state index contributed by atoms with van der Waals surface area (Å²) in [4.78, 5) is 0. The number of benzene rings is 1. The van der Waals surface area contributed by atoms with Crippen LogP contribution in [-0.2, 0) is 6.42 Å². The fourth-order valence-corrected chi connectivity index (χ4v) is 2.29. The van der Waals surface area contributed by atoms with Gasteiger partial charge in [-0.3, -0.25) is 0 Å². The van der Waals surface area contributed by atoms with E-state index in [9.17, 15) is 0 Å². The van der Waals surface area contributed by atoms with Crippen LogP contribution in [0.4, 0.5) is 5.69 Å². The van der Waals surface area contributed by atoms with Gasteiger partial charge in [0.1, 0.15) is 5.76 Å². The molecule has 0 saturated carbocycles. The van der Waals surface area contributed by atoms with Crippen LogP contribution in [-0.4, -0.2) is 6.04 Å². The topological polar surface area (TPSA) is 25.2 Å². The number of anilines is 1. The van der Waals surface area contributed by atoms with E-state index >= 15 is 0 Å². The molecule has 1 heterocycles. The first-order valence-corrected chi connectivity index (χ1v) is 7.06. The zero-order chi connectivity index (χ0) is 13.0. The second-order valence-electron chi connectivity index (χ2n) is 4.29. The molecule has 1 aromatic carbocycles. The Kier molecular flexibility index (Phi) is 4.72. The molecular weight excluding hydrogens is 314 g/mol. The third-order valence-electron chi connectivity index (χ3n) is 2.73. The van der Waals surface area contributed by atoms with Crippen LogP contribution in [0.2, 0.25) is 5.02 Å². The van der Waals surface area contributed by atoms with Gasteiger partial charge in [-0.2, -0.15) is 0 Å². The summed E-state index contributed by atoms with van der Waals surface area (Å²) >= 11 is 9.58. The summed E-state index contributed by atoms with van der Waals surface area (Å²) in [6.07, 6.45) is 3.63. The minimum Gasteiger partial charge on any atom is -0.469 e. The second-order valence-corrected chi connectivity index (χ2v) is 5.61. The highest BCUT2D eigenvalue weighted by atomic mass is 79.9. The Morgan fingerprint density at radius 2 is 2.22 bits per heavy atom. The first-order chi connectivity index (χ1) is 8.65. The van der Waals surface area contributed by atoms with E-state index < -0.39 is 0 Å². The highest BCUT2D eigenvalue weighted by Gasteiger charge is 2.07. The monoisotopic (exact) mass is 327 g/mol. The Morgan fingerprint density at radius 1 is 1.39 bits per heavy atom. The summed E-state index contributed by atoms with van der Waals surface area (Å²) in [5.41, 5.74) is 0.956. The molecule has 0 aliphatic rings. The van der Waals surface area contributed by atoms with Gasteiger partial charge in [0.05, 0.1) is 17.0 Å². The lowest BCUT2D eigenvalue weighted by atomic mass is 10.1. The molecule has 0 aliphatic heterocycles. The molecule has 0 spiro atoms.